The van der Waals surface area contributed by atoms with Crippen LogP contribution in [0.2, 0.25) is 0 Å². The number of piperazine rings is 1. The Morgan fingerprint density at radius 3 is 2.35 bits per heavy atom. The summed E-state index contributed by atoms with van der Waals surface area (Å²) in [5, 5.41) is 3.83. The quantitative estimate of drug-likeness (QED) is 0.381. The van der Waals surface area contributed by atoms with Gasteiger partial charge in [0.1, 0.15) is 23.7 Å². The van der Waals surface area contributed by atoms with E-state index in [1.807, 2.05) is 6.20 Å². The third kappa shape index (κ3) is 6.44. The molecule has 0 N–H and O–H groups in total. The van der Waals surface area contributed by atoms with Gasteiger partial charge >= 0.3 is 0 Å². The lowest BCUT2D eigenvalue weighted by molar-refractivity contribution is -0.132. The van der Waals surface area contributed by atoms with Crippen molar-refractivity contribution in [2.45, 2.75) is 50.3 Å². The SMILES string of the molecule is COc1cc(C)c(S(=O)(=O)Cc2noc(CC(=O)N3CCN(Cc4ccc(N5CCCC5)nc4)CC3)n2)c(C)c1. The number of aryl methyl sites for hydroxylation is 2. The van der Waals surface area contributed by atoms with E-state index in [-0.39, 0.29) is 28.9 Å². The van der Waals surface area contributed by atoms with E-state index in [2.05, 4.69) is 37.1 Å². The zero-order valence-corrected chi connectivity index (χ0v) is 24.1. The normalized spacial score (nSPS) is 16.5. The first-order valence-electron chi connectivity index (χ1n) is 13.6. The Hall–Kier alpha value is -3.51. The van der Waals surface area contributed by atoms with Gasteiger partial charge in [-0.3, -0.25) is 9.69 Å². The standard InChI is InChI=1S/C28H36N6O5S/c1-20-14-23(38-3)15-21(2)28(20)40(36,37)19-24-30-26(39-31-24)16-27(35)34-12-10-32(11-13-34)18-22-6-7-25(29-17-22)33-8-4-5-9-33/h6-7,14-15,17H,4-5,8-13,16,18-19H2,1-3H3. The molecule has 0 unspecified atom stereocenters. The van der Waals surface area contributed by atoms with Crippen molar-refractivity contribution in [3.05, 3.63) is 58.9 Å². The molecule has 1 aromatic carbocycles. The fourth-order valence-electron chi connectivity index (χ4n) is 5.48. The summed E-state index contributed by atoms with van der Waals surface area (Å²) in [6, 6.07) is 7.61. The Balaban J connectivity index is 1.12. The van der Waals surface area contributed by atoms with E-state index >= 15 is 0 Å². The number of nitrogens with zero attached hydrogens (tertiary/aromatic N) is 6. The maximum Gasteiger partial charge on any atom is 0.236 e. The molecular weight excluding hydrogens is 532 g/mol. The van der Waals surface area contributed by atoms with E-state index in [1.165, 1.54) is 20.0 Å². The molecule has 0 bridgehead atoms. The first-order valence-corrected chi connectivity index (χ1v) is 15.3. The van der Waals surface area contributed by atoms with Gasteiger partial charge in [0.2, 0.25) is 11.8 Å². The molecule has 214 valence electrons. The summed E-state index contributed by atoms with van der Waals surface area (Å²) in [7, 11) is -2.18. The zero-order valence-electron chi connectivity index (χ0n) is 23.3. The number of carbonyl (C=O) groups is 1. The van der Waals surface area contributed by atoms with E-state index in [4.69, 9.17) is 9.26 Å². The van der Waals surface area contributed by atoms with Gasteiger partial charge in [0.05, 0.1) is 12.0 Å². The zero-order chi connectivity index (χ0) is 28.3. The summed E-state index contributed by atoms with van der Waals surface area (Å²) >= 11 is 0. The highest BCUT2D eigenvalue weighted by atomic mass is 32.2. The van der Waals surface area contributed by atoms with Crippen LogP contribution in [0.4, 0.5) is 5.82 Å². The highest BCUT2D eigenvalue weighted by molar-refractivity contribution is 7.90. The number of ether oxygens (including phenoxy) is 1. The van der Waals surface area contributed by atoms with Crippen LogP contribution in [-0.2, 0) is 33.4 Å². The second-order valence-electron chi connectivity index (χ2n) is 10.5. The van der Waals surface area contributed by atoms with Gasteiger partial charge < -0.3 is 19.1 Å². The summed E-state index contributed by atoms with van der Waals surface area (Å²) in [5.41, 5.74) is 2.34. The van der Waals surface area contributed by atoms with Gasteiger partial charge in [-0.2, -0.15) is 4.98 Å². The molecule has 0 spiro atoms. The first-order chi connectivity index (χ1) is 19.2. The van der Waals surface area contributed by atoms with E-state index < -0.39 is 15.6 Å². The lowest BCUT2D eigenvalue weighted by Crippen LogP contribution is -2.48. The van der Waals surface area contributed by atoms with Crippen LogP contribution >= 0.6 is 0 Å². The van der Waals surface area contributed by atoms with E-state index in [0.29, 0.717) is 30.0 Å². The van der Waals surface area contributed by atoms with Crippen molar-refractivity contribution < 1.29 is 22.5 Å². The number of amides is 1. The molecule has 2 aromatic heterocycles. The van der Waals surface area contributed by atoms with Gasteiger partial charge in [0, 0.05) is 52.0 Å². The summed E-state index contributed by atoms with van der Waals surface area (Å²) < 4.78 is 36.7. The number of anilines is 1. The number of rotatable bonds is 9. The van der Waals surface area contributed by atoms with E-state index in [9.17, 15) is 13.2 Å². The van der Waals surface area contributed by atoms with Crippen molar-refractivity contribution in [2.75, 3.05) is 51.3 Å². The molecular formula is C28H36N6O5S. The van der Waals surface area contributed by atoms with Crippen LogP contribution in [0.3, 0.4) is 0 Å². The fourth-order valence-corrected chi connectivity index (χ4v) is 7.18. The molecule has 0 aliphatic carbocycles. The molecule has 4 heterocycles. The van der Waals surface area contributed by atoms with Gasteiger partial charge in [-0.25, -0.2) is 13.4 Å². The molecule has 0 atom stereocenters. The van der Waals surface area contributed by atoms with E-state index in [1.54, 1.807) is 30.9 Å². The monoisotopic (exact) mass is 568 g/mol. The van der Waals surface area contributed by atoms with Gasteiger partial charge in [0.25, 0.3) is 0 Å². The Morgan fingerprint density at radius 2 is 1.73 bits per heavy atom. The summed E-state index contributed by atoms with van der Waals surface area (Å²) in [6.45, 7) is 9.12. The third-order valence-electron chi connectivity index (χ3n) is 7.48. The van der Waals surface area contributed by atoms with Crippen LogP contribution in [0, 0.1) is 13.8 Å². The molecule has 3 aromatic rings. The fraction of sp³-hybridized carbons (Fsp3) is 0.500. The number of pyridine rings is 1. The minimum Gasteiger partial charge on any atom is -0.497 e. The van der Waals surface area contributed by atoms with E-state index in [0.717, 1.165) is 44.1 Å². The van der Waals surface area contributed by atoms with Crippen LogP contribution in [0.25, 0.3) is 0 Å². The lowest BCUT2D eigenvalue weighted by atomic mass is 10.1. The summed E-state index contributed by atoms with van der Waals surface area (Å²) in [4.78, 5) is 28.4. The predicted octanol–water partition coefficient (Wildman–Crippen LogP) is 2.55. The number of benzene rings is 1. The first kappa shape index (κ1) is 28.0. The molecule has 5 rings (SSSR count). The van der Waals surface area contributed by atoms with Crippen LogP contribution in [0.15, 0.2) is 39.9 Å². The average Bonchev–Trinajstić information content (AvgIpc) is 3.61. The largest absolute Gasteiger partial charge is 0.497 e. The Kier molecular flexibility index (Phi) is 8.36. The maximum absolute atomic E-state index is 13.1. The van der Waals surface area contributed by atoms with Crippen LogP contribution < -0.4 is 9.64 Å². The van der Waals surface area contributed by atoms with Crippen molar-refractivity contribution >= 4 is 21.6 Å². The number of aromatic nitrogens is 3. The number of hydrogen-bond donors (Lipinski definition) is 0. The Labute approximate surface area is 235 Å². The minimum absolute atomic E-state index is 0.0339. The number of carbonyl (C=O) groups excluding carboxylic acids is 1. The molecule has 2 aliphatic rings. The second kappa shape index (κ2) is 11.9. The summed E-state index contributed by atoms with van der Waals surface area (Å²) in [5.74, 6) is 1.27. The molecule has 40 heavy (non-hydrogen) atoms. The van der Waals surface area contributed by atoms with Crippen LogP contribution in [0.5, 0.6) is 5.75 Å². The average molecular weight is 569 g/mol. The smallest absolute Gasteiger partial charge is 0.236 e. The van der Waals surface area contributed by atoms with Crippen molar-refractivity contribution in [3.63, 3.8) is 0 Å². The molecule has 2 saturated heterocycles. The molecule has 0 saturated carbocycles. The van der Waals surface area contributed by atoms with Gasteiger partial charge in [-0.15, -0.1) is 0 Å². The summed E-state index contributed by atoms with van der Waals surface area (Å²) in [6.07, 6.45) is 4.35. The minimum atomic E-state index is -3.72. The number of hydrogen-bond acceptors (Lipinski definition) is 10. The molecule has 12 heteroatoms. The van der Waals surface area contributed by atoms with Crippen molar-refractivity contribution in [2.24, 2.45) is 0 Å². The number of methoxy groups -OCH3 is 1. The lowest BCUT2D eigenvalue weighted by Gasteiger charge is -2.34. The highest BCUT2D eigenvalue weighted by Gasteiger charge is 2.26. The molecule has 2 fully saturated rings. The molecule has 1 amide bonds. The predicted molar refractivity (Wildman–Crippen MR) is 149 cm³/mol. The van der Waals surface area contributed by atoms with Crippen molar-refractivity contribution in [3.8, 4) is 5.75 Å². The molecule has 2 aliphatic heterocycles. The Bertz CT molecular complexity index is 1420. The maximum atomic E-state index is 13.1. The number of sulfone groups is 1. The topological polar surface area (TPSA) is 122 Å². The molecule has 11 nitrogen and oxygen atoms in total. The van der Waals surface area contributed by atoms with Crippen molar-refractivity contribution in [1.82, 2.24) is 24.9 Å². The molecule has 0 radical (unpaired) electrons. The van der Waals surface area contributed by atoms with Crippen LogP contribution in [-0.4, -0.2) is 85.6 Å². The second-order valence-corrected chi connectivity index (χ2v) is 12.4. The highest BCUT2D eigenvalue weighted by Crippen LogP contribution is 2.28. The van der Waals surface area contributed by atoms with Gasteiger partial charge in [-0.05, 0) is 61.6 Å². The third-order valence-corrected chi connectivity index (χ3v) is 9.39. The van der Waals surface area contributed by atoms with Gasteiger partial charge in [0.15, 0.2) is 15.7 Å². The van der Waals surface area contributed by atoms with Gasteiger partial charge in [-0.1, -0.05) is 11.2 Å². The van der Waals surface area contributed by atoms with Crippen LogP contribution in [0.1, 0.15) is 41.2 Å². The Morgan fingerprint density at radius 1 is 1.02 bits per heavy atom. The van der Waals surface area contributed by atoms with Crippen molar-refractivity contribution in [1.29, 1.82) is 0 Å².